The smallest absolute Gasteiger partial charge is 0.237 e. The normalized spacial score (nSPS) is 12.9. The number of thiophene rings is 1. The summed E-state index contributed by atoms with van der Waals surface area (Å²) in [6.45, 7) is 4.25. The molecule has 0 saturated heterocycles. The second-order valence-electron chi connectivity index (χ2n) is 5.88. The SMILES string of the molecule is CCC.NC(Cc1cccs1)C(=O)NCC(O)c1nc2ccccc2o1. The lowest BCUT2D eigenvalue weighted by Crippen LogP contribution is -2.43. The molecule has 0 saturated carbocycles. The van der Waals surface area contributed by atoms with Gasteiger partial charge in [0, 0.05) is 11.3 Å². The molecule has 0 bridgehead atoms. The Bertz CT molecular complexity index is 768. The number of fused-ring (bicyclic) bond motifs is 1. The minimum atomic E-state index is -1.01. The Labute approximate surface area is 157 Å². The minimum Gasteiger partial charge on any atom is -0.438 e. The number of hydrogen-bond donors (Lipinski definition) is 3. The van der Waals surface area contributed by atoms with Gasteiger partial charge in [-0.25, -0.2) is 4.98 Å². The fourth-order valence-corrected chi connectivity index (χ4v) is 2.95. The summed E-state index contributed by atoms with van der Waals surface area (Å²) in [5, 5.41) is 14.7. The zero-order valence-electron chi connectivity index (χ0n) is 15.0. The van der Waals surface area contributed by atoms with Crippen molar-refractivity contribution in [3.8, 4) is 0 Å². The van der Waals surface area contributed by atoms with Crippen molar-refractivity contribution in [1.82, 2.24) is 10.3 Å². The van der Waals surface area contributed by atoms with Crippen LogP contribution in [0.2, 0.25) is 0 Å². The van der Waals surface area contributed by atoms with Gasteiger partial charge in [-0.2, -0.15) is 0 Å². The van der Waals surface area contributed by atoms with Crippen molar-refractivity contribution in [2.24, 2.45) is 5.73 Å². The Morgan fingerprint density at radius 3 is 2.69 bits per heavy atom. The first-order chi connectivity index (χ1) is 12.5. The van der Waals surface area contributed by atoms with Crippen LogP contribution in [0.25, 0.3) is 11.1 Å². The molecule has 0 radical (unpaired) electrons. The maximum atomic E-state index is 12.0. The molecule has 3 rings (SSSR count). The van der Waals surface area contributed by atoms with E-state index >= 15 is 0 Å². The summed E-state index contributed by atoms with van der Waals surface area (Å²) in [5.41, 5.74) is 7.14. The topological polar surface area (TPSA) is 101 Å². The van der Waals surface area contributed by atoms with Crippen molar-refractivity contribution in [3.05, 3.63) is 52.5 Å². The van der Waals surface area contributed by atoms with Gasteiger partial charge in [0.2, 0.25) is 11.8 Å². The summed E-state index contributed by atoms with van der Waals surface area (Å²) in [6.07, 6.45) is 0.711. The number of amides is 1. The number of hydrogen-bond acceptors (Lipinski definition) is 6. The van der Waals surface area contributed by atoms with Crippen LogP contribution in [-0.2, 0) is 11.2 Å². The van der Waals surface area contributed by atoms with Crippen LogP contribution in [0.15, 0.2) is 46.2 Å². The average molecular weight is 375 g/mol. The lowest BCUT2D eigenvalue weighted by molar-refractivity contribution is -0.122. The summed E-state index contributed by atoms with van der Waals surface area (Å²) in [6, 6.07) is 10.4. The van der Waals surface area contributed by atoms with E-state index in [1.54, 1.807) is 23.5 Å². The maximum absolute atomic E-state index is 12.0. The highest BCUT2D eigenvalue weighted by Crippen LogP contribution is 2.19. The maximum Gasteiger partial charge on any atom is 0.237 e. The number of aliphatic hydroxyl groups is 1. The largest absolute Gasteiger partial charge is 0.438 e. The first-order valence-electron chi connectivity index (χ1n) is 8.64. The van der Waals surface area contributed by atoms with Crippen LogP contribution in [0, 0.1) is 0 Å². The molecule has 26 heavy (non-hydrogen) atoms. The monoisotopic (exact) mass is 375 g/mol. The second kappa shape index (κ2) is 10.1. The molecule has 2 unspecified atom stereocenters. The molecular formula is C19H25N3O3S. The summed E-state index contributed by atoms with van der Waals surface area (Å²) in [7, 11) is 0. The fraction of sp³-hybridized carbons (Fsp3) is 0.368. The number of oxazole rings is 1. The van der Waals surface area contributed by atoms with E-state index in [2.05, 4.69) is 24.1 Å². The predicted molar refractivity (Wildman–Crippen MR) is 104 cm³/mol. The van der Waals surface area contributed by atoms with E-state index in [9.17, 15) is 9.90 Å². The first kappa shape index (κ1) is 20.1. The van der Waals surface area contributed by atoms with Crippen LogP contribution in [0.1, 0.15) is 37.1 Å². The second-order valence-corrected chi connectivity index (χ2v) is 6.91. The van der Waals surface area contributed by atoms with Crippen molar-refractivity contribution in [2.75, 3.05) is 6.54 Å². The van der Waals surface area contributed by atoms with Crippen LogP contribution in [0.5, 0.6) is 0 Å². The molecule has 0 aliphatic heterocycles. The average Bonchev–Trinajstić information content (AvgIpc) is 3.29. The number of benzene rings is 1. The van der Waals surface area contributed by atoms with Gasteiger partial charge in [0.15, 0.2) is 5.58 Å². The van der Waals surface area contributed by atoms with Gasteiger partial charge in [0.05, 0.1) is 12.6 Å². The number of para-hydroxylation sites is 2. The predicted octanol–water partition coefficient (Wildman–Crippen LogP) is 3.03. The van der Waals surface area contributed by atoms with E-state index in [0.717, 1.165) is 4.88 Å². The molecule has 7 heteroatoms. The zero-order valence-corrected chi connectivity index (χ0v) is 15.8. The van der Waals surface area contributed by atoms with Gasteiger partial charge in [-0.1, -0.05) is 38.5 Å². The molecule has 1 amide bonds. The minimum absolute atomic E-state index is 0.00377. The lowest BCUT2D eigenvalue weighted by Gasteiger charge is -2.13. The molecule has 0 aliphatic rings. The molecular weight excluding hydrogens is 350 g/mol. The molecule has 2 heterocycles. The number of aromatic nitrogens is 1. The van der Waals surface area contributed by atoms with Gasteiger partial charge in [0.1, 0.15) is 11.6 Å². The van der Waals surface area contributed by atoms with Gasteiger partial charge >= 0.3 is 0 Å². The molecule has 1 aromatic carbocycles. The third kappa shape index (κ3) is 5.66. The van der Waals surface area contributed by atoms with E-state index in [-0.39, 0.29) is 18.3 Å². The summed E-state index contributed by atoms with van der Waals surface area (Å²) < 4.78 is 5.47. The third-order valence-corrected chi connectivity index (χ3v) is 4.30. The van der Waals surface area contributed by atoms with Crippen LogP contribution >= 0.6 is 11.3 Å². The highest BCUT2D eigenvalue weighted by atomic mass is 32.1. The van der Waals surface area contributed by atoms with Crippen LogP contribution in [0.3, 0.4) is 0 Å². The van der Waals surface area contributed by atoms with E-state index in [4.69, 9.17) is 10.2 Å². The van der Waals surface area contributed by atoms with Gasteiger partial charge in [0.25, 0.3) is 0 Å². The Morgan fingerprint density at radius 1 is 1.31 bits per heavy atom. The number of nitrogens with one attached hydrogen (secondary N) is 1. The lowest BCUT2D eigenvalue weighted by atomic mass is 10.2. The third-order valence-electron chi connectivity index (χ3n) is 3.40. The molecule has 3 aromatic rings. The molecule has 2 aromatic heterocycles. The molecule has 0 aliphatic carbocycles. The van der Waals surface area contributed by atoms with Crippen LogP contribution in [0.4, 0.5) is 0 Å². The van der Waals surface area contributed by atoms with Crippen LogP contribution in [-0.4, -0.2) is 28.6 Å². The highest BCUT2D eigenvalue weighted by Gasteiger charge is 2.19. The molecule has 0 spiro atoms. The van der Waals surface area contributed by atoms with E-state index < -0.39 is 12.1 Å². The highest BCUT2D eigenvalue weighted by molar-refractivity contribution is 7.09. The number of carbonyl (C=O) groups is 1. The number of rotatable bonds is 6. The van der Waals surface area contributed by atoms with Gasteiger partial charge in [-0.15, -0.1) is 11.3 Å². The van der Waals surface area contributed by atoms with Gasteiger partial charge < -0.3 is 20.6 Å². The first-order valence-corrected chi connectivity index (χ1v) is 9.52. The van der Waals surface area contributed by atoms with Crippen molar-refractivity contribution in [3.63, 3.8) is 0 Å². The zero-order chi connectivity index (χ0) is 18.9. The molecule has 6 nitrogen and oxygen atoms in total. The molecule has 4 N–H and O–H groups in total. The van der Waals surface area contributed by atoms with Crippen molar-refractivity contribution >= 4 is 28.3 Å². The number of carbonyl (C=O) groups excluding carboxylic acids is 1. The standard InChI is InChI=1S/C16H17N3O3S.C3H8/c17-11(8-10-4-3-7-23-10)15(21)18-9-13(20)16-19-12-5-1-2-6-14(12)22-16;1-3-2/h1-7,11,13,20H,8-9,17H2,(H,18,21);3H2,1-2H3. The quantitative estimate of drug-likeness (QED) is 0.615. The Balaban J connectivity index is 0.000000758. The van der Waals surface area contributed by atoms with Crippen molar-refractivity contribution in [1.29, 1.82) is 0 Å². The molecule has 0 fully saturated rings. The number of aliphatic hydroxyl groups excluding tert-OH is 1. The summed E-state index contributed by atoms with van der Waals surface area (Å²) >= 11 is 1.56. The van der Waals surface area contributed by atoms with Crippen molar-refractivity contribution in [2.45, 2.75) is 38.8 Å². The Morgan fingerprint density at radius 2 is 2.04 bits per heavy atom. The van der Waals surface area contributed by atoms with E-state index in [1.807, 2.05) is 29.6 Å². The van der Waals surface area contributed by atoms with Gasteiger partial charge in [-0.05, 0) is 23.6 Å². The van der Waals surface area contributed by atoms with Gasteiger partial charge in [-0.3, -0.25) is 4.79 Å². The number of nitrogens with two attached hydrogens (primary N) is 1. The number of nitrogens with zero attached hydrogens (tertiary/aromatic N) is 1. The fourth-order valence-electron chi connectivity index (χ4n) is 2.19. The molecule has 140 valence electrons. The Kier molecular flexibility index (Phi) is 7.77. The summed E-state index contributed by atoms with van der Waals surface area (Å²) in [5.74, 6) is -0.133. The molecule has 2 atom stereocenters. The van der Waals surface area contributed by atoms with Crippen molar-refractivity contribution < 1.29 is 14.3 Å². The summed E-state index contributed by atoms with van der Waals surface area (Å²) in [4.78, 5) is 17.2. The Hall–Kier alpha value is -2.22. The van der Waals surface area contributed by atoms with E-state index in [1.165, 1.54) is 6.42 Å². The van der Waals surface area contributed by atoms with Crippen LogP contribution < -0.4 is 11.1 Å². The van der Waals surface area contributed by atoms with E-state index in [0.29, 0.717) is 17.5 Å².